The first kappa shape index (κ1) is 17.9. The van der Waals surface area contributed by atoms with Crippen LogP contribution in [0.1, 0.15) is 0 Å². The van der Waals surface area contributed by atoms with Gasteiger partial charge in [0.25, 0.3) is 0 Å². The normalized spacial score (nSPS) is 14.9. The van der Waals surface area contributed by atoms with Gasteiger partial charge in [-0.3, -0.25) is 0 Å². The number of ether oxygens (including phenoxy) is 1. The second kappa shape index (κ2) is 8.94. The van der Waals surface area contributed by atoms with Gasteiger partial charge in [-0.15, -0.1) is 0 Å². The number of nitrogens with two attached hydrogens (primary N) is 1. The molecule has 0 spiro atoms. The monoisotopic (exact) mass is 286 g/mol. The van der Waals surface area contributed by atoms with Crippen LogP contribution >= 0.6 is 0 Å². The smallest absolute Gasteiger partial charge is 0.400 e. The number of hydrogen-bond donors (Lipinski definition) is 3. The number of halogens is 3. The van der Waals surface area contributed by atoms with Gasteiger partial charge in [0.2, 0.25) is 0 Å². The number of alkyl halides is 3. The molecule has 0 aliphatic rings. The van der Waals surface area contributed by atoms with Crippen molar-refractivity contribution in [3.8, 4) is 0 Å². The molecule has 4 N–H and O–H groups in total. The van der Waals surface area contributed by atoms with Gasteiger partial charge in [0.05, 0.1) is 13.2 Å². The molecule has 0 rings (SSSR count). The SMILES string of the molecule is CN(C)CCOCCNCC(C(N)=NO)C(F)(F)F. The molecule has 0 heterocycles. The van der Waals surface area contributed by atoms with Crippen molar-refractivity contribution in [2.75, 3.05) is 46.9 Å². The highest BCUT2D eigenvalue weighted by atomic mass is 19.4. The molecule has 0 saturated heterocycles. The summed E-state index contributed by atoms with van der Waals surface area (Å²) in [6.45, 7) is 1.37. The summed E-state index contributed by atoms with van der Waals surface area (Å²) in [5.74, 6) is -2.85. The minimum atomic E-state index is -4.55. The van der Waals surface area contributed by atoms with E-state index in [1.165, 1.54) is 0 Å². The molecule has 0 radical (unpaired) electrons. The van der Waals surface area contributed by atoms with Gasteiger partial charge in [-0.25, -0.2) is 0 Å². The van der Waals surface area contributed by atoms with Crippen LogP contribution in [-0.4, -0.2) is 69.1 Å². The second-order valence-corrected chi connectivity index (χ2v) is 4.24. The van der Waals surface area contributed by atoms with Crippen molar-refractivity contribution in [3.05, 3.63) is 0 Å². The van der Waals surface area contributed by atoms with Crippen molar-refractivity contribution < 1.29 is 23.1 Å². The van der Waals surface area contributed by atoms with E-state index in [1.54, 1.807) is 0 Å². The zero-order valence-electron chi connectivity index (χ0n) is 11.1. The van der Waals surface area contributed by atoms with Gasteiger partial charge in [-0.1, -0.05) is 5.16 Å². The van der Waals surface area contributed by atoms with Crippen molar-refractivity contribution >= 4 is 5.84 Å². The first-order chi connectivity index (χ1) is 8.79. The average molecular weight is 286 g/mol. The Balaban J connectivity index is 3.84. The molecule has 1 atom stereocenters. The predicted molar refractivity (Wildman–Crippen MR) is 65.2 cm³/mol. The predicted octanol–water partition coefficient (Wildman–Crippen LogP) is 0.0791. The van der Waals surface area contributed by atoms with Crippen LogP contribution in [0.15, 0.2) is 5.16 Å². The van der Waals surface area contributed by atoms with E-state index in [0.717, 1.165) is 6.54 Å². The maximum atomic E-state index is 12.5. The molecule has 0 aromatic carbocycles. The van der Waals surface area contributed by atoms with E-state index in [1.807, 2.05) is 19.0 Å². The Morgan fingerprint density at radius 3 is 2.53 bits per heavy atom. The van der Waals surface area contributed by atoms with Gasteiger partial charge < -0.3 is 25.9 Å². The van der Waals surface area contributed by atoms with Crippen molar-refractivity contribution in [2.45, 2.75) is 6.18 Å². The molecule has 0 aliphatic heterocycles. The molecule has 6 nitrogen and oxygen atoms in total. The summed E-state index contributed by atoms with van der Waals surface area (Å²) in [7, 11) is 3.79. The highest BCUT2D eigenvalue weighted by Gasteiger charge is 2.42. The van der Waals surface area contributed by atoms with Gasteiger partial charge in [-0.05, 0) is 14.1 Å². The highest BCUT2D eigenvalue weighted by Crippen LogP contribution is 2.25. The Morgan fingerprint density at radius 1 is 1.42 bits per heavy atom. The summed E-state index contributed by atoms with van der Waals surface area (Å²) in [4.78, 5) is 1.94. The standard InChI is InChI=1S/C10H21F3N4O2/c1-17(2)4-6-19-5-3-15-7-8(9(14)16-18)10(11,12)13/h8,15,18H,3-7H2,1-2H3,(H2,14,16). The zero-order chi connectivity index (χ0) is 14.9. The summed E-state index contributed by atoms with van der Waals surface area (Å²) in [5.41, 5.74) is 5.00. The van der Waals surface area contributed by atoms with Gasteiger partial charge in [0, 0.05) is 19.6 Å². The topological polar surface area (TPSA) is 83.1 Å². The minimum absolute atomic E-state index is 0.263. The maximum Gasteiger partial charge on any atom is 0.400 e. The van der Waals surface area contributed by atoms with E-state index in [4.69, 9.17) is 15.7 Å². The lowest BCUT2D eigenvalue weighted by atomic mass is 10.1. The number of amidine groups is 1. The van der Waals surface area contributed by atoms with E-state index in [2.05, 4.69) is 10.5 Å². The lowest BCUT2D eigenvalue weighted by molar-refractivity contribution is -0.155. The summed E-state index contributed by atoms with van der Waals surface area (Å²) < 4.78 is 42.8. The maximum absolute atomic E-state index is 12.5. The van der Waals surface area contributed by atoms with Crippen molar-refractivity contribution in [3.63, 3.8) is 0 Å². The van der Waals surface area contributed by atoms with Crippen LogP contribution in [0, 0.1) is 5.92 Å². The van der Waals surface area contributed by atoms with Crippen molar-refractivity contribution in [2.24, 2.45) is 16.8 Å². The summed E-state index contributed by atoms with van der Waals surface area (Å²) in [6, 6.07) is 0. The number of hydrogen-bond acceptors (Lipinski definition) is 5. The average Bonchev–Trinajstić information content (AvgIpc) is 2.29. The fourth-order valence-corrected chi connectivity index (χ4v) is 1.20. The quantitative estimate of drug-likeness (QED) is 0.184. The van der Waals surface area contributed by atoms with Gasteiger partial charge in [0.15, 0.2) is 5.84 Å². The first-order valence-electron chi connectivity index (χ1n) is 5.76. The van der Waals surface area contributed by atoms with Crippen molar-refractivity contribution in [1.82, 2.24) is 10.2 Å². The van der Waals surface area contributed by atoms with E-state index >= 15 is 0 Å². The lowest BCUT2D eigenvalue weighted by Crippen LogP contribution is -2.43. The summed E-state index contributed by atoms with van der Waals surface area (Å²) >= 11 is 0. The molecule has 19 heavy (non-hydrogen) atoms. The molecule has 0 amide bonds. The molecule has 0 aromatic rings. The Hall–Kier alpha value is -1.06. The number of likely N-dealkylation sites (N-methyl/N-ethyl adjacent to an activating group) is 1. The number of rotatable bonds is 9. The largest absolute Gasteiger partial charge is 0.409 e. The molecule has 0 aliphatic carbocycles. The van der Waals surface area contributed by atoms with Crippen LogP contribution in [0.3, 0.4) is 0 Å². The number of nitrogens with one attached hydrogen (secondary N) is 1. The fourth-order valence-electron chi connectivity index (χ4n) is 1.20. The first-order valence-corrected chi connectivity index (χ1v) is 5.76. The minimum Gasteiger partial charge on any atom is -0.409 e. The molecule has 0 bridgehead atoms. The zero-order valence-corrected chi connectivity index (χ0v) is 11.1. The molecule has 9 heteroatoms. The van der Waals surface area contributed by atoms with Crippen LogP contribution in [-0.2, 0) is 4.74 Å². The lowest BCUT2D eigenvalue weighted by Gasteiger charge is -2.19. The van der Waals surface area contributed by atoms with E-state index in [0.29, 0.717) is 13.2 Å². The van der Waals surface area contributed by atoms with Crippen LogP contribution < -0.4 is 11.1 Å². The highest BCUT2D eigenvalue weighted by molar-refractivity contribution is 5.83. The van der Waals surface area contributed by atoms with Gasteiger partial charge in [0.1, 0.15) is 5.92 Å². The third kappa shape index (κ3) is 8.62. The molecular formula is C10H21F3N4O2. The Kier molecular flexibility index (Phi) is 8.44. The molecule has 0 aromatic heterocycles. The number of nitrogens with zero attached hydrogens (tertiary/aromatic N) is 2. The van der Waals surface area contributed by atoms with Crippen LogP contribution in [0.5, 0.6) is 0 Å². The Labute approximate surface area is 110 Å². The molecule has 114 valence electrons. The second-order valence-electron chi connectivity index (χ2n) is 4.24. The van der Waals surface area contributed by atoms with Crippen LogP contribution in [0.2, 0.25) is 0 Å². The van der Waals surface area contributed by atoms with Crippen LogP contribution in [0.4, 0.5) is 13.2 Å². The van der Waals surface area contributed by atoms with Gasteiger partial charge >= 0.3 is 6.18 Å². The third-order valence-electron chi connectivity index (χ3n) is 2.32. The third-order valence-corrected chi connectivity index (χ3v) is 2.32. The van der Waals surface area contributed by atoms with E-state index in [-0.39, 0.29) is 6.54 Å². The number of oxime groups is 1. The molecule has 1 unspecified atom stereocenters. The van der Waals surface area contributed by atoms with E-state index < -0.39 is 24.5 Å². The Bertz CT molecular complexity index is 272. The van der Waals surface area contributed by atoms with Gasteiger partial charge in [-0.2, -0.15) is 13.2 Å². The molecule has 0 fully saturated rings. The summed E-state index contributed by atoms with van der Waals surface area (Å²) in [6.07, 6.45) is -4.55. The van der Waals surface area contributed by atoms with Crippen molar-refractivity contribution in [1.29, 1.82) is 0 Å². The molecular weight excluding hydrogens is 265 g/mol. The van der Waals surface area contributed by atoms with Crippen LogP contribution in [0.25, 0.3) is 0 Å². The van der Waals surface area contributed by atoms with E-state index in [9.17, 15) is 13.2 Å². The summed E-state index contributed by atoms with van der Waals surface area (Å²) in [5, 5.41) is 13.3. The molecule has 0 saturated carbocycles. The fraction of sp³-hybridized carbons (Fsp3) is 0.900. The Morgan fingerprint density at radius 2 is 2.05 bits per heavy atom.